The summed E-state index contributed by atoms with van der Waals surface area (Å²) in [5, 5.41) is 12.9. The van der Waals surface area contributed by atoms with Gasteiger partial charge in [0.2, 0.25) is 10.3 Å². The molecule has 1 aromatic carbocycles. The number of benzene rings is 1. The van der Waals surface area contributed by atoms with Crippen LogP contribution in [0.25, 0.3) is 0 Å². The molecular formula is C15H18Cl2N4OS. The zero-order valence-corrected chi connectivity index (χ0v) is 15.6. The summed E-state index contributed by atoms with van der Waals surface area (Å²) in [4.78, 5) is 14.4. The van der Waals surface area contributed by atoms with E-state index >= 15 is 0 Å². The first-order valence-electron chi connectivity index (χ1n) is 7.17. The van der Waals surface area contributed by atoms with Crippen molar-refractivity contribution in [3.8, 4) is 0 Å². The van der Waals surface area contributed by atoms with Gasteiger partial charge >= 0.3 is 0 Å². The Morgan fingerprint density at radius 2 is 1.83 bits per heavy atom. The average molecular weight is 373 g/mol. The van der Waals surface area contributed by atoms with E-state index in [0.29, 0.717) is 20.7 Å². The molecule has 0 fully saturated rings. The standard InChI is InChI=1S/C15H18Cl2N4OS/c1-8(2)21(9(3)4)15-20-19-14(23-15)18-13(22)11-6-5-10(16)7-12(11)17/h5-9H,1-4H3,(H,18,19,22). The van der Waals surface area contributed by atoms with Crippen LogP contribution in [0.2, 0.25) is 10.0 Å². The lowest BCUT2D eigenvalue weighted by Crippen LogP contribution is -2.36. The molecule has 0 radical (unpaired) electrons. The molecule has 1 amide bonds. The van der Waals surface area contributed by atoms with Crippen LogP contribution in [0.3, 0.4) is 0 Å². The molecule has 0 aliphatic carbocycles. The van der Waals surface area contributed by atoms with Crippen molar-refractivity contribution in [2.75, 3.05) is 10.2 Å². The maximum atomic E-state index is 12.3. The number of anilines is 2. The van der Waals surface area contributed by atoms with E-state index in [2.05, 4.69) is 48.1 Å². The van der Waals surface area contributed by atoms with Crippen LogP contribution < -0.4 is 10.2 Å². The van der Waals surface area contributed by atoms with Crippen LogP contribution in [0.5, 0.6) is 0 Å². The van der Waals surface area contributed by atoms with Crippen molar-refractivity contribution in [1.29, 1.82) is 0 Å². The van der Waals surface area contributed by atoms with Crippen molar-refractivity contribution in [1.82, 2.24) is 10.2 Å². The minimum atomic E-state index is -0.338. The molecule has 0 saturated carbocycles. The highest BCUT2D eigenvalue weighted by molar-refractivity contribution is 7.19. The first-order chi connectivity index (χ1) is 10.8. The zero-order valence-electron chi connectivity index (χ0n) is 13.3. The lowest BCUT2D eigenvalue weighted by Gasteiger charge is -2.29. The fraction of sp³-hybridized carbons (Fsp3) is 0.400. The molecule has 1 aromatic heterocycles. The van der Waals surface area contributed by atoms with Gasteiger partial charge in [-0.25, -0.2) is 0 Å². The van der Waals surface area contributed by atoms with Gasteiger partial charge in [-0.05, 0) is 45.9 Å². The number of rotatable bonds is 5. The summed E-state index contributed by atoms with van der Waals surface area (Å²) in [5.74, 6) is -0.338. The Hall–Kier alpha value is -1.37. The van der Waals surface area contributed by atoms with Gasteiger partial charge < -0.3 is 4.90 Å². The van der Waals surface area contributed by atoms with Crippen molar-refractivity contribution < 1.29 is 4.79 Å². The van der Waals surface area contributed by atoms with Crippen molar-refractivity contribution in [3.63, 3.8) is 0 Å². The lowest BCUT2D eigenvalue weighted by molar-refractivity contribution is 0.102. The Balaban J connectivity index is 2.17. The molecule has 0 spiro atoms. The molecule has 2 rings (SSSR count). The molecule has 0 aliphatic rings. The fourth-order valence-corrected chi connectivity index (χ4v) is 3.75. The van der Waals surface area contributed by atoms with Crippen molar-refractivity contribution in [3.05, 3.63) is 33.8 Å². The summed E-state index contributed by atoms with van der Waals surface area (Å²) in [7, 11) is 0. The van der Waals surface area contributed by atoms with Crippen molar-refractivity contribution in [2.45, 2.75) is 39.8 Å². The third kappa shape index (κ3) is 4.34. The van der Waals surface area contributed by atoms with Crippen LogP contribution in [-0.4, -0.2) is 28.2 Å². The third-order valence-corrected chi connectivity index (χ3v) is 4.54. The molecule has 5 nitrogen and oxygen atoms in total. The molecule has 2 aromatic rings. The second kappa shape index (κ2) is 7.47. The summed E-state index contributed by atoms with van der Waals surface area (Å²) < 4.78 is 0. The van der Waals surface area contributed by atoms with Gasteiger partial charge in [-0.2, -0.15) is 0 Å². The minimum absolute atomic E-state index is 0.289. The third-order valence-electron chi connectivity index (χ3n) is 3.14. The monoisotopic (exact) mass is 372 g/mol. The maximum Gasteiger partial charge on any atom is 0.259 e. The van der Waals surface area contributed by atoms with Gasteiger partial charge in [-0.3, -0.25) is 10.1 Å². The average Bonchev–Trinajstić information content (AvgIpc) is 2.85. The molecule has 0 unspecified atom stereocenters. The smallest absolute Gasteiger partial charge is 0.259 e. The van der Waals surface area contributed by atoms with Gasteiger partial charge in [0.15, 0.2) is 0 Å². The summed E-state index contributed by atoms with van der Waals surface area (Å²) >= 11 is 13.2. The van der Waals surface area contributed by atoms with Crippen LogP contribution >= 0.6 is 34.5 Å². The van der Waals surface area contributed by atoms with Crippen LogP contribution in [0.1, 0.15) is 38.1 Å². The summed E-state index contributed by atoms with van der Waals surface area (Å²) in [6.07, 6.45) is 0. The Kier molecular flexibility index (Phi) is 5.84. The number of hydrogen-bond donors (Lipinski definition) is 1. The van der Waals surface area contributed by atoms with Gasteiger partial charge in [-0.1, -0.05) is 34.5 Å². The van der Waals surface area contributed by atoms with E-state index in [9.17, 15) is 4.79 Å². The predicted octanol–water partition coefficient (Wildman–Crippen LogP) is 4.72. The number of aromatic nitrogens is 2. The highest BCUT2D eigenvalue weighted by Crippen LogP contribution is 2.28. The fourth-order valence-electron chi connectivity index (χ4n) is 2.25. The molecule has 0 bridgehead atoms. The molecule has 124 valence electrons. The van der Waals surface area contributed by atoms with Gasteiger partial charge in [0.1, 0.15) is 0 Å². The van der Waals surface area contributed by atoms with Crippen LogP contribution in [-0.2, 0) is 0 Å². The van der Waals surface area contributed by atoms with E-state index in [1.54, 1.807) is 12.1 Å². The quantitative estimate of drug-likeness (QED) is 0.824. The predicted molar refractivity (Wildman–Crippen MR) is 97.1 cm³/mol. The highest BCUT2D eigenvalue weighted by atomic mass is 35.5. The highest BCUT2D eigenvalue weighted by Gasteiger charge is 2.20. The maximum absolute atomic E-state index is 12.3. The summed E-state index contributed by atoms with van der Waals surface area (Å²) in [6, 6.07) is 5.31. The first-order valence-corrected chi connectivity index (χ1v) is 8.75. The Morgan fingerprint density at radius 1 is 1.17 bits per heavy atom. The van der Waals surface area contributed by atoms with Crippen LogP contribution in [0.4, 0.5) is 10.3 Å². The SMILES string of the molecule is CC(C)N(c1nnc(NC(=O)c2ccc(Cl)cc2Cl)s1)C(C)C. The van der Waals surface area contributed by atoms with Crippen molar-refractivity contribution in [2.24, 2.45) is 0 Å². The largest absolute Gasteiger partial charge is 0.342 e. The first kappa shape index (κ1) is 18.0. The number of hydrogen-bond acceptors (Lipinski definition) is 5. The molecule has 1 heterocycles. The Bertz CT molecular complexity index is 695. The number of nitrogens with zero attached hydrogens (tertiary/aromatic N) is 3. The van der Waals surface area contributed by atoms with Gasteiger partial charge in [0, 0.05) is 17.1 Å². The van der Waals surface area contributed by atoms with Crippen LogP contribution in [0, 0.1) is 0 Å². The van der Waals surface area contributed by atoms with Crippen LogP contribution in [0.15, 0.2) is 18.2 Å². The van der Waals surface area contributed by atoms with E-state index in [-0.39, 0.29) is 18.0 Å². The number of carbonyl (C=O) groups is 1. The number of amides is 1. The second-order valence-corrected chi connectivity index (χ2v) is 7.36. The molecule has 0 atom stereocenters. The van der Waals surface area contributed by atoms with Gasteiger partial charge in [0.25, 0.3) is 5.91 Å². The zero-order chi connectivity index (χ0) is 17.1. The summed E-state index contributed by atoms with van der Waals surface area (Å²) in [5.41, 5.74) is 0.345. The minimum Gasteiger partial charge on any atom is -0.342 e. The second-order valence-electron chi connectivity index (χ2n) is 5.56. The Labute approximate surface area is 149 Å². The molecular weight excluding hydrogens is 355 g/mol. The van der Waals surface area contributed by atoms with E-state index in [4.69, 9.17) is 23.2 Å². The molecule has 0 saturated heterocycles. The van der Waals surface area contributed by atoms with Crippen molar-refractivity contribution >= 4 is 50.7 Å². The van der Waals surface area contributed by atoms with E-state index in [1.165, 1.54) is 17.4 Å². The molecule has 8 heteroatoms. The number of nitrogens with one attached hydrogen (secondary N) is 1. The number of halogens is 2. The molecule has 1 N–H and O–H groups in total. The molecule has 0 aliphatic heterocycles. The van der Waals surface area contributed by atoms with E-state index in [1.807, 2.05) is 0 Å². The normalized spacial score (nSPS) is 11.1. The Morgan fingerprint density at radius 3 is 2.39 bits per heavy atom. The van der Waals surface area contributed by atoms with Gasteiger partial charge in [0.05, 0.1) is 10.6 Å². The van der Waals surface area contributed by atoms with E-state index < -0.39 is 0 Å². The number of carbonyl (C=O) groups excluding carboxylic acids is 1. The topological polar surface area (TPSA) is 58.1 Å². The summed E-state index contributed by atoms with van der Waals surface area (Å²) in [6.45, 7) is 8.36. The lowest BCUT2D eigenvalue weighted by atomic mass is 10.2. The molecule has 23 heavy (non-hydrogen) atoms. The van der Waals surface area contributed by atoms with E-state index in [0.717, 1.165) is 5.13 Å². The van der Waals surface area contributed by atoms with Gasteiger partial charge in [-0.15, -0.1) is 10.2 Å².